The van der Waals surface area contributed by atoms with E-state index in [0.29, 0.717) is 29.1 Å². The third-order valence-corrected chi connectivity index (χ3v) is 7.31. The summed E-state index contributed by atoms with van der Waals surface area (Å²) in [6, 6.07) is 19.6. The van der Waals surface area contributed by atoms with Gasteiger partial charge in [-0.25, -0.2) is 14.4 Å². The van der Waals surface area contributed by atoms with E-state index < -0.39 is 47.8 Å². The highest BCUT2D eigenvalue weighted by Gasteiger charge is 2.27. The van der Waals surface area contributed by atoms with Crippen molar-refractivity contribution in [3.8, 4) is 5.75 Å². The molecule has 12 nitrogen and oxygen atoms in total. The van der Waals surface area contributed by atoms with E-state index in [9.17, 15) is 34.2 Å². The minimum absolute atomic E-state index is 0.0259. The summed E-state index contributed by atoms with van der Waals surface area (Å²) in [5.41, 5.74) is 2.47. The van der Waals surface area contributed by atoms with E-state index in [-0.39, 0.29) is 25.2 Å². The van der Waals surface area contributed by atoms with Crippen LogP contribution in [-0.4, -0.2) is 59.2 Å². The third-order valence-electron chi connectivity index (χ3n) is 7.31. The predicted molar refractivity (Wildman–Crippen MR) is 182 cm³/mol. The minimum Gasteiger partial charge on any atom is -0.497 e. The fourth-order valence-corrected chi connectivity index (χ4v) is 4.84. The van der Waals surface area contributed by atoms with E-state index in [1.165, 1.54) is 12.2 Å². The summed E-state index contributed by atoms with van der Waals surface area (Å²) in [5, 5.41) is 29.9. The summed E-state index contributed by atoms with van der Waals surface area (Å²) in [5.74, 6) is -3.28. The molecule has 3 atom stereocenters. The van der Waals surface area contributed by atoms with Crippen molar-refractivity contribution < 1.29 is 38.9 Å². The summed E-state index contributed by atoms with van der Waals surface area (Å²) in [6.07, 6.45) is 3.27. The maximum Gasteiger partial charge on any atom is 0.326 e. The lowest BCUT2D eigenvalue weighted by Gasteiger charge is -2.22. The first-order valence-electron chi connectivity index (χ1n) is 15.5. The number of carboxylic acid groups (broad SMARTS) is 2. The van der Waals surface area contributed by atoms with Crippen molar-refractivity contribution in [1.29, 1.82) is 0 Å². The van der Waals surface area contributed by atoms with Gasteiger partial charge >= 0.3 is 18.0 Å². The fraction of sp³-hybridized carbons (Fsp3) is 0.306. The van der Waals surface area contributed by atoms with Crippen molar-refractivity contribution in [2.75, 3.05) is 17.7 Å². The van der Waals surface area contributed by atoms with Gasteiger partial charge in [0.15, 0.2) is 0 Å². The highest BCUT2D eigenvalue weighted by Crippen LogP contribution is 2.26. The molecular formula is C36H42N4O8. The lowest BCUT2D eigenvalue weighted by Crippen LogP contribution is -2.43. The Morgan fingerprint density at radius 2 is 1.25 bits per heavy atom. The van der Waals surface area contributed by atoms with Crippen molar-refractivity contribution in [3.63, 3.8) is 0 Å². The second-order valence-corrected chi connectivity index (χ2v) is 11.6. The molecule has 0 aromatic heterocycles. The number of nitrogens with one attached hydrogen (secondary N) is 4. The van der Waals surface area contributed by atoms with Crippen molar-refractivity contribution in [1.82, 2.24) is 10.6 Å². The summed E-state index contributed by atoms with van der Waals surface area (Å²) in [6.45, 7) is 3.91. The molecule has 0 saturated carbocycles. The summed E-state index contributed by atoms with van der Waals surface area (Å²) in [4.78, 5) is 61.9. The molecule has 0 heterocycles. The third kappa shape index (κ3) is 12.3. The molecule has 0 aliphatic heterocycles. The first kappa shape index (κ1) is 36.8. The number of rotatable bonds is 17. The van der Waals surface area contributed by atoms with Gasteiger partial charge in [0, 0.05) is 11.4 Å². The lowest BCUT2D eigenvalue weighted by molar-refractivity contribution is -0.142. The molecule has 3 aromatic carbocycles. The number of hydrogen-bond acceptors (Lipinski definition) is 6. The van der Waals surface area contributed by atoms with Crippen LogP contribution in [0.2, 0.25) is 0 Å². The number of carboxylic acids is 2. The Morgan fingerprint density at radius 3 is 1.75 bits per heavy atom. The molecule has 6 N–H and O–H groups in total. The molecule has 3 aromatic rings. The van der Waals surface area contributed by atoms with Gasteiger partial charge in [-0.15, -0.1) is 0 Å². The van der Waals surface area contributed by atoms with Gasteiger partial charge < -0.3 is 36.2 Å². The Hall–Kier alpha value is -5.65. The molecule has 0 fully saturated rings. The zero-order valence-corrected chi connectivity index (χ0v) is 27.1. The Balaban J connectivity index is 1.58. The quantitative estimate of drug-likeness (QED) is 0.107. The Morgan fingerprint density at radius 1 is 0.729 bits per heavy atom. The van der Waals surface area contributed by atoms with Crippen LogP contribution in [0.1, 0.15) is 50.2 Å². The monoisotopic (exact) mass is 658 g/mol. The fourth-order valence-electron chi connectivity index (χ4n) is 4.84. The van der Waals surface area contributed by atoms with Crippen LogP contribution in [0.25, 0.3) is 0 Å². The normalized spacial score (nSPS) is 12.8. The molecule has 3 unspecified atom stereocenters. The van der Waals surface area contributed by atoms with Crippen LogP contribution in [0.4, 0.5) is 16.2 Å². The summed E-state index contributed by atoms with van der Waals surface area (Å²) < 4.78 is 5.12. The highest BCUT2D eigenvalue weighted by molar-refractivity contribution is 5.99. The highest BCUT2D eigenvalue weighted by atomic mass is 16.5. The van der Waals surface area contributed by atoms with E-state index in [2.05, 4.69) is 21.3 Å². The zero-order valence-electron chi connectivity index (χ0n) is 27.1. The van der Waals surface area contributed by atoms with Crippen LogP contribution in [0.15, 0.2) is 91.0 Å². The Labute approximate surface area is 279 Å². The van der Waals surface area contributed by atoms with Crippen LogP contribution in [-0.2, 0) is 25.6 Å². The van der Waals surface area contributed by atoms with Gasteiger partial charge in [0.2, 0.25) is 11.8 Å². The number of hydrogen-bond donors (Lipinski definition) is 6. The summed E-state index contributed by atoms with van der Waals surface area (Å²) >= 11 is 0. The number of carbonyl (C=O) groups is 5. The van der Waals surface area contributed by atoms with Crippen LogP contribution in [0.3, 0.4) is 0 Å². The molecule has 4 amide bonds. The van der Waals surface area contributed by atoms with E-state index in [1.807, 2.05) is 19.9 Å². The first-order valence-corrected chi connectivity index (χ1v) is 15.5. The van der Waals surface area contributed by atoms with E-state index in [4.69, 9.17) is 4.74 Å². The van der Waals surface area contributed by atoms with Gasteiger partial charge in [0.05, 0.1) is 19.4 Å². The van der Waals surface area contributed by atoms with E-state index in [1.54, 1.807) is 79.9 Å². The van der Waals surface area contributed by atoms with Crippen LogP contribution in [0.5, 0.6) is 5.75 Å². The van der Waals surface area contributed by atoms with Gasteiger partial charge in [-0.2, -0.15) is 0 Å². The number of amides is 4. The molecule has 48 heavy (non-hydrogen) atoms. The standard InChI is InChI=1S/C36H42N4O8/c1-23(2)21-29(25-13-15-26(16-14-25)37-36(47)38-27-17-19-28(48-3)20-18-27)33(42)40-31(35(45)46)12-8-7-11-30(34(43)44)39-32(41)22-24-9-5-4-6-10-24/h4-10,13-20,23,29-31H,11-12,21-22H2,1-3H3,(H,39,41)(H,40,42)(H,43,44)(H,45,46)(H2,37,38,47)/b8-7+. The molecule has 12 heteroatoms. The predicted octanol–water partition coefficient (Wildman–Crippen LogP) is 5.19. The van der Waals surface area contributed by atoms with Crippen molar-refractivity contribution in [3.05, 3.63) is 102 Å². The largest absolute Gasteiger partial charge is 0.497 e. The number of ether oxygens (including phenoxy) is 1. The van der Waals surface area contributed by atoms with Gasteiger partial charge in [-0.1, -0.05) is 68.5 Å². The smallest absolute Gasteiger partial charge is 0.326 e. The molecule has 0 bridgehead atoms. The number of carbonyl (C=O) groups excluding carboxylic acids is 3. The Kier molecular flexibility index (Phi) is 14.2. The molecule has 0 aliphatic carbocycles. The molecule has 254 valence electrons. The molecular weight excluding hydrogens is 616 g/mol. The second-order valence-electron chi connectivity index (χ2n) is 11.6. The Bertz CT molecular complexity index is 1560. The SMILES string of the molecule is COc1ccc(NC(=O)Nc2ccc(C(CC(C)C)C(=O)NC(C/C=C/CC(NC(=O)Cc3ccccc3)C(=O)O)C(=O)O)cc2)cc1. The first-order chi connectivity index (χ1) is 22.9. The van der Waals surface area contributed by atoms with Crippen LogP contribution < -0.4 is 26.0 Å². The van der Waals surface area contributed by atoms with Crippen LogP contribution in [0, 0.1) is 5.92 Å². The number of benzene rings is 3. The number of urea groups is 1. The molecule has 0 spiro atoms. The van der Waals surface area contributed by atoms with Crippen molar-refractivity contribution in [2.24, 2.45) is 5.92 Å². The number of aliphatic carboxylic acids is 2. The topological polar surface area (TPSA) is 183 Å². The molecule has 3 rings (SSSR count). The average Bonchev–Trinajstić information content (AvgIpc) is 3.05. The van der Waals surface area contributed by atoms with Gasteiger partial charge in [-0.3, -0.25) is 9.59 Å². The molecule has 0 aliphatic rings. The maximum absolute atomic E-state index is 13.4. The number of anilines is 2. The van der Waals surface area contributed by atoms with Gasteiger partial charge in [-0.05, 0) is 72.7 Å². The van der Waals surface area contributed by atoms with Crippen molar-refractivity contribution in [2.45, 2.75) is 57.5 Å². The van der Waals surface area contributed by atoms with Gasteiger partial charge in [0.25, 0.3) is 0 Å². The number of methoxy groups -OCH3 is 1. The minimum atomic E-state index is -1.26. The van der Waals surface area contributed by atoms with Crippen LogP contribution >= 0.6 is 0 Å². The maximum atomic E-state index is 13.4. The second kappa shape index (κ2) is 18.5. The lowest BCUT2D eigenvalue weighted by atomic mass is 9.89. The summed E-state index contributed by atoms with van der Waals surface area (Å²) in [7, 11) is 1.55. The van der Waals surface area contributed by atoms with Crippen molar-refractivity contribution >= 4 is 41.2 Å². The van der Waals surface area contributed by atoms with E-state index in [0.717, 1.165) is 5.56 Å². The molecule has 0 saturated heterocycles. The van der Waals surface area contributed by atoms with Gasteiger partial charge in [0.1, 0.15) is 17.8 Å². The average molecular weight is 659 g/mol. The molecule has 0 radical (unpaired) electrons. The zero-order chi connectivity index (χ0) is 35.1. The van der Waals surface area contributed by atoms with E-state index >= 15 is 0 Å².